The lowest BCUT2D eigenvalue weighted by Crippen LogP contribution is -1.88. The molecule has 0 N–H and O–H groups in total. The highest BCUT2D eigenvalue weighted by molar-refractivity contribution is 7.16. The van der Waals surface area contributed by atoms with E-state index in [1.807, 2.05) is 25.1 Å². The number of hydrogen-bond acceptors (Lipinski definition) is 2. The third-order valence-electron chi connectivity index (χ3n) is 4.84. The number of benzene rings is 3. The lowest BCUT2D eigenvalue weighted by Gasteiger charge is -2.09. The van der Waals surface area contributed by atoms with Crippen LogP contribution in [-0.2, 0) is 0 Å². The van der Waals surface area contributed by atoms with E-state index in [9.17, 15) is 0 Å². The van der Waals surface area contributed by atoms with Crippen molar-refractivity contribution in [3.63, 3.8) is 0 Å². The molecule has 1 heterocycles. The third-order valence-corrected chi connectivity index (χ3v) is 5.92. The zero-order chi connectivity index (χ0) is 20.8. The van der Waals surface area contributed by atoms with Gasteiger partial charge in [0.25, 0.3) is 0 Å². The molecule has 0 aliphatic heterocycles. The summed E-state index contributed by atoms with van der Waals surface area (Å²) in [6.45, 7) is 1.83. The van der Waals surface area contributed by atoms with E-state index in [1.54, 1.807) is 11.3 Å². The highest BCUT2D eigenvalue weighted by Gasteiger charge is 2.06. The van der Waals surface area contributed by atoms with Gasteiger partial charge in [-0.25, -0.2) is 0 Å². The summed E-state index contributed by atoms with van der Waals surface area (Å²) in [5, 5.41) is 8.97. The van der Waals surface area contributed by atoms with Gasteiger partial charge in [0.2, 0.25) is 0 Å². The molecule has 0 atom stereocenters. The predicted molar refractivity (Wildman–Crippen MR) is 129 cm³/mol. The number of nitriles is 1. The summed E-state index contributed by atoms with van der Waals surface area (Å²) in [4.78, 5) is 2.30. The number of thiophene rings is 1. The summed E-state index contributed by atoms with van der Waals surface area (Å²) in [6, 6.07) is 36.0. The molecule has 0 fully saturated rings. The molecule has 2 heteroatoms. The van der Waals surface area contributed by atoms with Gasteiger partial charge >= 0.3 is 0 Å². The topological polar surface area (TPSA) is 23.8 Å². The second kappa shape index (κ2) is 9.22. The minimum atomic E-state index is 0.721. The second-order valence-electron chi connectivity index (χ2n) is 7.05. The fourth-order valence-electron chi connectivity index (χ4n) is 3.31. The van der Waals surface area contributed by atoms with Crippen LogP contribution in [0.2, 0.25) is 0 Å². The summed E-state index contributed by atoms with van der Waals surface area (Å²) in [7, 11) is 0. The van der Waals surface area contributed by atoms with Crippen LogP contribution in [0.5, 0.6) is 0 Å². The molecule has 0 saturated heterocycles. The first-order valence-electron chi connectivity index (χ1n) is 9.84. The van der Waals surface area contributed by atoms with Crippen LogP contribution in [0.4, 0.5) is 0 Å². The Morgan fingerprint density at radius 1 is 0.733 bits per heavy atom. The highest BCUT2D eigenvalue weighted by Crippen LogP contribution is 2.31. The molecule has 0 unspecified atom stereocenters. The quantitative estimate of drug-likeness (QED) is 0.245. The van der Waals surface area contributed by atoms with Gasteiger partial charge in [0.05, 0.1) is 6.07 Å². The van der Waals surface area contributed by atoms with Gasteiger partial charge in [0.1, 0.15) is 0 Å². The lowest BCUT2D eigenvalue weighted by molar-refractivity contribution is 1.46. The van der Waals surface area contributed by atoms with Crippen molar-refractivity contribution in [2.75, 3.05) is 0 Å². The van der Waals surface area contributed by atoms with Crippen LogP contribution in [0.25, 0.3) is 28.2 Å². The van der Waals surface area contributed by atoms with Crippen molar-refractivity contribution in [1.29, 1.82) is 5.26 Å². The third kappa shape index (κ3) is 4.66. The summed E-state index contributed by atoms with van der Waals surface area (Å²) in [5.74, 6) is 0. The second-order valence-corrected chi connectivity index (χ2v) is 8.17. The largest absolute Gasteiger partial charge is 0.193 e. The van der Waals surface area contributed by atoms with E-state index in [4.69, 9.17) is 5.26 Å². The Morgan fingerprint density at radius 2 is 1.33 bits per heavy atom. The number of rotatable bonds is 5. The first kappa shape index (κ1) is 19.6. The molecule has 144 valence electrons. The van der Waals surface area contributed by atoms with Crippen LogP contribution >= 0.6 is 11.3 Å². The normalized spacial score (nSPS) is 11.0. The van der Waals surface area contributed by atoms with Crippen molar-refractivity contribution in [2.24, 2.45) is 0 Å². The maximum Gasteiger partial charge on any atom is 0.0944 e. The van der Waals surface area contributed by atoms with E-state index in [0.29, 0.717) is 0 Å². The molecular weight excluding hydrogens is 382 g/mol. The van der Waals surface area contributed by atoms with Gasteiger partial charge in [-0.2, -0.15) is 5.26 Å². The van der Waals surface area contributed by atoms with Gasteiger partial charge in [0.15, 0.2) is 0 Å². The van der Waals surface area contributed by atoms with E-state index < -0.39 is 0 Å². The van der Waals surface area contributed by atoms with Crippen molar-refractivity contribution >= 4 is 29.1 Å². The molecule has 4 rings (SSSR count). The first-order valence-corrected chi connectivity index (χ1v) is 10.7. The number of hydrogen-bond donors (Lipinski definition) is 0. The Morgan fingerprint density at radius 3 is 1.90 bits per heavy atom. The highest BCUT2D eigenvalue weighted by atomic mass is 32.1. The molecule has 0 aliphatic rings. The van der Waals surface area contributed by atoms with Crippen molar-refractivity contribution in [3.8, 4) is 16.5 Å². The van der Waals surface area contributed by atoms with Crippen LogP contribution in [0.15, 0.2) is 103 Å². The summed E-state index contributed by atoms with van der Waals surface area (Å²) < 4.78 is 0. The van der Waals surface area contributed by atoms with E-state index in [2.05, 4.69) is 97.1 Å². The molecule has 0 aliphatic carbocycles. The Kier molecular flexibility index (Phi) is 6.03. The Hall–Kier alpha value is -3.67. The lowest BCUT2D eigenvalue weighted by atomic mass is 9.95. The molecule has 0 spiro atoms. The summed E-state index contributed by atoms with van der Waals surface area (Å²) in [5.41, 5.74) is 6.69. The average molecular weight is 404 g/mol. The van der Waals surface area contributed by atoms with Crippen molar-refractivity contribution in [3.05, 3.63) is 124 Å². The molecule has 4 aromatic rings. The smallest absolute Gasteiger partial charge is 0.0944 e. The molecule has 0 radical (unpaired) electrons. The Bertz CT molecular complexity index is 1180. The van der Waals surface area contributed by atoms with Gasteiger partial charge in [-0.3, -0.25) is 0 Å². The summed E-state index contributed by atoms with van der Waals surface area (Å²) >= 11 is 1.70. The average Bonchev–Trinajstić information content (AvgIpc) is 3.27. The van der Waals surface area contributed by atoms with Gasteiger partial charge in [-0.05, 0) is 59.0 Å². The zero-order valence-electron chi connectivity index (χ0n) is 16.7. The molecule has 1 nitrogen and oxygen atoms in total. The van der Waals surface area contributed by atoms with Gasteiger partial charge < -0.3 is 0 Å². The zero-order valence-corrected chi connectivity index (χ0v) is 17.6. The number of nitrogens with zero attached hydrogens (tertiary/aromatic N) is 1. The molecule has 0 bridgehead atoms. The van der Waals surface area contributed by atoms with E-state index in [1.165, 1.54) is 32.7 Å². The van der Waals surface area contributed by atoms with Crippen LogP contribution in [-0.4, -0.2) is 0 Å². The van der Waals surface area contributed by atoms with Crippen LogP contribution in [0.3, 0.4) is 0 Å². The van der Waals surface area contributed by atoms with Crippen molar-refractivity contribution < 1.29 is 0 Å². The standard InChI is InChI=1S/C28H21NS/c1-21(20-29)18-26-16-17-28(30-26)25-14-12-22(13-15-25)19-27(23-8-4-2-5-9-23)24-10-6-3-7-11-24/h2-19H,1H3/b21-18+. The maximum atomic E-state index is 8.97. The van der Waals surface area contributed by atoms with Crippen LogP contribution in [0, 0.1) is 11.3 Å². The fourth-order valence-corrected chi connectivity index (χ4v) is 4.33. The molecule has 0 amide bonds. The molecule has 3 aromatic carbocycles. The molecule has 30 heavy (non-hydrogen) atoms. The van der Waals surface area contributed by atoms with Gasteiger partial charge in [-0.15, -0.1) is 11.3 Å². The van der Waals surface area contributed by atoms with Gasteiger partial charge in [0, 0.05) is 15.3 Å². The number of allylic oxidation sites excluding steroid dienone is 1. The Balaban J connectivity index is 1.66. The summed E-state index contributed by atoms with van der Waals surface area (Å²) in [6.07, 6.45) is 4.17. The first-order chi connectivity index (χ1) is 14.7. The predicted octanol–water partition coefficient (Wildman–Crippen LogP) is 7.93. The monoisotopic (exact) mass is 403 g/mol. The van der Waals surface area contributed by atoms with Crippen LogP contribution < -0.4 is 0 Å². The minimum Gasteiger partial charge on any atom is -0.193 e. The maximum absolute atomic E-state index is 8.97. The van der Waals surface area contributed by atoms with Crippen molar-refractivity contribution in [2.45, 2.75) is 6.92 Å². The van der Waals surface area contributed by atoms with E-state index in [0.717, 1.165) is 10.5 Å². The van der Waals surface area contributed by atoms with Gasteiger partial charge in [-0.1, -0.05) is 84.9 Å². The molecule has 1 aromatic heterocycles. The van der Waals surface area contributed by atoms with Crippen molar-refractivity contribution in [1.82, 2.24) is 0 Å². The van der Waals surface area contributed by atoms with E-state index >= 15 is 0 Å². The minimum absolute atomic E-state index is 0.721. The molecule has 0 saturated carbocycles. The van der Waals surface area contributed by atoms with E-state index in [-0.39, 0.29) is 0 Å². The fraction of sp³-hybridized carbons (Fsp3) is 0.0357. The Labute approximate surface area is 181 Å². The molecular formula is C28H21NS. The SMILES string of the molecule is C/C(C#N)=C\c1ccc(-c2ccc(C=C(c3ccccc3)c3ccccc3)cc2)s1. The van der Waals surface area contributed by atoms with Crippen LogP contribution in [0.1, 0.15) is 28.5 Å².